The van der Waals surface area contributed by atoms with Crippen LogP contribution in [0.25, 0.3) is 21.8 Å². The van der Waals surface area contributed by atoms with Gasteiger partial charge in [0.15, 0.2) is 0 Å². The zero-order chi connectivity index (χ0) is 30.9. The first kappa shape index (κ1) is 30.3. The molecule has 43 heavy (non-hydrogen) atoms. The van der Waals surface area contributed by atoms with Crippen molar-refractivity contribution in [2.75, 3.05) is 7.11 Å². The van der Waals surface area contributed by atoms with Gasteiger partial charge in [0.05, 0.1) is 29.3 Å². The summed E-state index contributed by atoms with van der Waals surface area (Å²) in [5.74, 6) is 0.278. The molecular weight excluding hydrogens is 560 g/mol. The second-order valence-electron chi connectivity index (χ2n) is 12.6. The van der Waals surface area contributed by atoms with E-state index in [0.29, 0.717) is 30.2 Å². The molecule has 0 bridgehead atoms. The van der Waals surface area contributed by atoms with Crippen LogP contribution in [0, 0.1) is 10.8 Å². The number of pyridine rings is 1. The second-order valence-corrected chi connectivity index (χ2v) is 13.1. The molecule has 0 aliphatic rings. The van der Waals surface area contributed by atoms with Crippen LogP contribution in [-0.4, -0.2) is 28.5 Å². The predicted octanol–water partition coefficient (Wildman–Crippen LogP) is 8.44. The fourth-order valence-electron chi connectivity index (χ4n) is 5.35. The molecule has 0 saturated heterocycles. The predicted molar refractivity (Wildman–Crippen MR) is 172 cm³/mol. The summed E-state index contributed by atoms with van der Waals surface area (Å²) in [6.45, 7) is 9.71. The van der Waals surface area contributed by atoms with E-state index in [0.717, 1.165) is 44.3 Å². The number of benzene rings is 3. The number of aromatic nitrogens is 2. The zero-order valence-electron chi connectivity index (χ0n) is 25.5. The molecule has 0 spiro atoms. The zero-order valence-corrected chi connectivity index (χ0v) is 26.3. The van der Waals surface area contributed by atoms with Gasteiger partial charge < -0.3 is 9.47 Å². The van der Waals surface area contributed by atoms with E-state index in [2.05, 4.69) is 0 Å². The molecule has 0 radical (unpaired) electrons. The molecule has 222 valence electrons. The lowest BCUT2D eigenvalue weighted by molar-refractivity contribution is -0.150. The molecule has 5 rings (SSSR count). The molecule has 0 atom stereocenters. The van der Waals surface area contributed by atoms with Gasteiger partial charge in [-0.05, 0) is 73.9 Å². The Morgan fingerprint density at radius 2 is 1.63 bits per heavy atom. The minimum absolute atomic E-state index is 0.0513. The molecule has 0 fully saturated rings. The van der Waals surface area contributed by atoms with Crippen LogP contribution in [0.15, 0.2) is 78.9 Å². The molecule has 2 heterocycles. The van der Waals surface area contributed by atoms with Crippen LogP contribution >= 0.6 is 11.6 Å². The van der Waals surface area contributed by atoms with Crippen LogP contribution in [0.4, 0.5) is 0 Å². The summed E-state index contributed by atoms with van der Waals surface area (Å²) in [5.41, 5.74) is 3.77. The third kappa shape index (κ3) is 6.45. The van der Waals surface area contributed by atoms with Crippen molar-refractivity contribution in [3.8, 4) is 5.75 Å². The van der Waals surface area contributed by atoms with Crippen molar-refractivity contribution in [1.82, 2.24) is 9.55 Å². The first-order valence-corrected chi connectivity index (χ1v) is 14.8. The van der Waals surface area contributed by atoms with Crippen LogP contribution in [0.2, 0.25) is 5.02 Å². The summed E-state index contributed by atoms with van der Waals surface area (Å²) >= 11 is 6.19. The van der Waals surface area contributed by atoms with E-state index in [-0.39, 0.29) is 11.9 Å². The van der Waals surface area contributed by atoms with Gasteiger partial charge in [0, 0.05) is 33.3 Å². The Labute approximate surface area is 257 Å². The molecule has 0 amide bonds. The topological polar surface area (TPSA) is 70.4 Å². The van der Waals surface area contributed by atoms with Gasteiger partial charge in [-0.25, -0.2) is 4.98 Å². The maximum absolute atomic E-state index is 14.0. The number of methoxy groups -OCH3 is 1. The van der Waals surface area contributed by atoms with Gasteiger partial charge in [0.1, 0.15) is 12.4 Å². The largest absolute Gasteiger partial charge is 0.487 e. The van der Waals surface area contributed by atoms with E-state index in [1.165, 1.54) is 7.11 Å². The molecular formula is C36H37ClN2O4. The number of carbonyl (C=O) groups is 2. The van der Waals surface area contributed by atoms with Gasteiger partial charge in [-0.2, -0.15) is 0 Å². The number of rotatable bonds is 8. The van der Waals surface area contributed by atoms with Gasteiger partial charge in [-0.3, -0.25) is 14.2 Å². The molecule has 6 nitrogen and oxygen atoms in total. The van der Waals surface area contributed by atoms with Crippen molar-refractivity contribution in [2.24, 2.45) is 10.8 Å². The van der Waals surface area contributed by atoms with E-state index in [1.807, 2.05) is 113 Å². The van der Waals surface area contributed by atoms with Crippen LogP contribution in [0.1, 0.15) is 61.9 Å². The van der Waals surface area contributed by atoms with Crippen molar-refractivity contribution in [2.45, 2.75) is 54.1 Å². The quantitative estimate of drug-likeness (QED) is 0.168. The highest BCUT2D eigenvalue weighted by Gasteiger charge is 2.35. The Bertz CT molecular complexity index is 1810. The number of halogens is 1. The summed E-state index contributed by atoms with van der Waals surface area (Å²) in [7, 11) is 1.39. The van der Waals surface area contributed by atoms with Crippen LogP contribution in [-0.2, 0) is 29.0 Å². The van der Waals surface area contributed by atoms with Crippen LogP contribution in [0.5, 0.6) is 5.75 Å². The highest BCUT2D eigenvalue weighted by molar-refractivity contribution is 6.30. The normalized spacial score (nSPS) is 12.1. The first-order valence-electron chi connectivity index (χ1n) is 14.4. The Morgan fingerprint density at radius 1 is 0.907 bits per heavy atom. The molecule has 0 aliphatic heterocycles. The van der Waals surface area contributed by atoms with Gasteiger partial charge in [0.25, 0.3) is 0 Å². The standard InChI is InChI=1S/C36H37ClN2O4/c1-35(2,3)33(40)39-31-18-17-27(43-22-26-16-13-24-9-7-8-10-30(24)38-26)20-29(31)28(19-23-11-14-25(37)15-12-23)32(39)21-36(4,5)34(41)42-6/h7-18,20H,19,21-22H2,1-6H3. The maximum Gasteiger partial charge on any atom is 0.311 e. The number of hydrogen-bond donors (Lipinski definition) is 0. The average molecular weight is 597 g/mol. The Balaban J connectivity index is 1.63. The van der Waals surface area contributed by atoms with Crippen molar-refractivity contribution in [3.05, 3.63) is 106 Å². The lowest BCUT2D eigenvalue weighted by Crippen LogP contribution is -2.33. The van der Waals surface area contributed by atoms with Crippen molar-refractivity contribution in [1.29, 1.82) is 0 Å². The summed E-state index contributed by atoms with van der Waals surface area (Å²) in [5, 5.41) is 2.62. The number of carbonyl (C=O) groups excluding carboxylic acids is 2. The molecule has 2 aromatic heterocycles. The minimum Gasteiger partial charge on any atom is -0.487 e. The second kappa shape index (κ2) is 11.8. The smallest absolute Gasteiger partial charge is 0.311 e. The van der Waals surface area contributed by atoms with Gasteiger partial charge in [0.2, 0.25) is 5.91 Å². The monoisotopic (exact) mass is 596 g/mol. The third-order valence-electron chi connectivity index (χ3n) is 7.68. The number of fused-ring (bicyclic) bond motifs is 2. The Kier molecular flexibility index (Phi) is 8.35. The van der Waals surface area contributed by atoms with Crippen molar-refractivity contribution < 1.29 is 19.1 Å². The van der Waals surface area contributed by atoms with E-state index >= 15 is 0 Å². The third-order valence-corrected chi connectivity index (χ3v) is 7.93. The Morgan fingerprint density at radius 3 is 2.33 bits per heavy atom. The van der Waals surface area contributed by atoms with Crippen LogP contribution in [0.3, 0.4) is 0 Å². The molecule has 0 aliphatic carbocycles. The highest BCUT2D eigenvalue weighted by Crippen LogP contribution is 2.37. The van der Waals surface area contributed by atoms with Crippen molar-refractivity contribution >= 4 is 45.3 Å². The first-order chi connectivity index (χ1) is 20.4. The highest BCUT2D eigenvalue weighted by atomic mass is 35.5. The SMILES string of the molecule is COC(=O)C(C)(C)Cc1c(Cc2ccc(Cl)cc2)c2cc(OCc3ccc4ccccc4n3)ccc2n1C(=O)C(C)(C)C. The lowest BCUT2D eigenvalue weighted by Gasteiger charge is -2.25. The summed E-state index contributed by atoms with van der Waals surface area (Å²) in [4.78, 5) is 31.6. The number of hydrogen-bond acceptors (Lipinski definition) is 5. The lowest BCUT2D eigenvalue weighted by atomic mass is 9.85. The van der Waals surface area contributed by atoms with E-state index < -0.39 is 10.8 Å². The van der Waals surface area contributed by atoms with E-state index in [9.17, 15) is 9.59 Å². The van der Waals surface area contributed by atoms with Gasteiger partial charge in [-0.1, -0.05) is 68.8 Å². The number of ether oxygens (including phenoxy) is 2. The fraction of sp³-hybridized carbons (Fsp3) is 0.306. The average Bonchev–Trinajstić information content (AvgIpc) is 3.26. The summed E-state index contributed by atoms with van der Waals surface area (Å²) < 4.78 is 13.2. The van der Waals surface area contributed by atoms with E-state index in [1.54, 1.807) is 4.57 Å². The van der Waals surface area contributed by atoms with E-state index in [4.69, 9.17) is 26.1 Å². The van der Waals surface area contributed by atoms with Gasteiger partial charge in [-0.15, -0.1) is 0 Å². The van der Waals surface area contributed by atoms with Crippen molar-refractivity contribution in [3.63, 3.8) is 0 Å². The number of esters is 1. The molecule has 7 heteroatoms. The Hall–Kier alpha value is -4.16. The molecule has 5 aromatic rings. The molecule has 0 N–H and O–H groups in total. The number of para-hydroxylation sites is 1. The molecule has 3 aromatic carbocycles. The summed E-state index contributed by atoms with van der Waals surface area (Å²) in [6.07, 6.45) is 0.858. The minimum atomic E-state index is -0.866. The number of nitrogens with zero attached hydrogens (tertiary/aromatic N) is 2. The fourth-order valence-corrected chi connectivity index (χ4v) is 5.47. The summed E-state index contributed by atoms with van der Waals surface area (Å²) in [6, 6.07) is 25.5. The van der Waals surface area contributed by atoms with Gasteiger partial charge >= 0.3 is 5.97 Å². The molecule has 0 unspecified atom stereocenters. The van der Waals surface area contributed by atoms with Crippen LogP contribution < -0.4 is 4.74 Å². The maximum atomic E-state index is 14.0. The molecule has 0 saturated carbocycles.